The smallest absolute Gasteiger partial charge is 0.246 e. The van der Waals surface area contributed by atoms with Crippen LogP contribution < -0.4 is 5.32 Å². The molecule has 1 aliphatic heterocycles. The lowest BCUT2D eigenvalue weighted by atomic mass is 10.1. The first-order valence-electron chi connectivity index (χ1n) is 6.43. The molecule has 5 nitrogen and oxygen atoms in total. The Balaban J connectivity index is 2.21. The molecule has 1 N–H and O–H groups in total. The molecule has 1 amide bonds. The van der Waals surface area contributed by atoms with Crippen molar-refractivity contribution in [1.29, 1.82) is 5.26 Å². The maximum atomic E-state index is 11.7. The van der Waals surface area contributed by atoms with Crippen LogP contribution in [-0.4, -0.2) is 48.7 Å². The first-order chi connectivity index (χ1) is 8.40. The standard InChI is InChI=1S/C13H23N3O2/c1-13(2,3)18-10-12(17)15-11-4-7-16(8-5-11)9-6-14/h11H,4-5,7-10H2,1-3H3,(H,15,17). The molecule has 0 spiro atoms. The van der Waals surface area contributed by atoms with E-state index in [1.54, 1.807) is 0 Å². The summed E-state index contributed by atoms with van der Waals surface area (Å²) in [5.74, 6) is -0.0522. The summed E-state index contributed by atoms with van der Waals surface area (Å²) in [6, 6.07) is 2.37. The number of carbonyl (C=O) groups is 1. The van der Waals surface area contributed by atoms with E-state index in [1.807, 2.05) is 20.8 Å². The third-order valence-electron chi connectivity index (χ3n) is 2.88. The first-order valence-corrected chi connectivity index (χ1v) is 6.43. The van der Waals surface area contributed by atoms with Crippen LogP contribution in [0.2, 0.25) is 0 Å². The molecular formula is C13H23N3O2. The van der Waals surface area contributed by atoms with E-state index in [4.69, 9.17) is 10.00 Å². The summed E-state index contributed by atoms with van der Waals surface area (Å²) in [5, 5.41) is 11.6. The maximum Gasteiger partial charge on any atom is 0.246 e. The molecule has 0 bridgehead atoms. The number of nitrogens with zero attached hydrogens (tertiary/aromatic N) is 2. The fourth-order valence-corrected chi connectivity index (χ4v) is 1.89. The predicted octanol–water partition coefficient (Wildman–Crippen LogP) is 0.906. The molecule has 1 heterocycles. The molecule has 18 heavy (non-hydrogen) atoms. The lowest BCUT2D eigenvalue weighted by Crippen LogP contribution is -2.46. The van der Waals surface area contributed by atoms with Crippen LogP contribution >= 0.6 is 0 Å². The number of nitrogens with one attached hydrogen (secondary N) is 1. The minimum atomic E-state index is -0.284. The van der Waals surface area contributed by atoms with Crippen molar-refractivity contribution in [3.8, 4) is 6.07 Å². The zero-order valence-electron chi connectivity index (χ0n) is 11.5. The van der Waals surface area contributed by atoms with Gasteiger partial charge in [-0.1, -0.05) is 0 Å². The van der Waals surface area contributed by atoms with Gasteiger partial charge in [0.2, 0.25) is 5.91 Å². The van der Waals surface area contributed by atoms with Gasteiger partial charge in [-0.25, -0.2) is 0 Å². The monoisotopic (exact) mass is 253 g/mol. The highest BCUT2D eigenvalue weighted by atomic mass is 16.5. The van der Waals surface area contributed by atoms with Crippen molar-refractivity contribution < 1.29 is 9.53 Å². The maximum absolute atomic E-state index is 11.7. The van der Waals surface area contributed by atoms with Gasteiger partial charge in [0.25, 0.3) is 0 Å². The van der Waals surface area contributed by atoms with Gasteiger partial charge in [-0.05, 0) is 33.6 Å². The van der Waals surface area contributed by atoms with Crippen molar-refractivity contribution in [2.75, 3.05) is 26.2 Å². The van der Waals surface area contributed by atoms with Gasteiger partial charge >= 0.3 is 0 Å². The topological polar surface area (TPSA) is 65.4 Å². The van der Waals surface area contributed by atoms with Crippen molar-refractivity contribution >= 4 is 5.91 Å². The van der Waals surface area contributed by atoms with Crippen molar-refractivity contribution in [2.24, 2.45) is 0 Å². The Bertz CT molecular complexity index is 309. The molecule has 0 atom stereocenters. The molecule has 0 saturated carbocycles. The van der Waals surface area contributed by atoms with E-state index in [1.165, 1.54) is 0 Å². The molecule has 1 saturated heterocycles. The van der Waals surface area contributed by atoms with E-state index in [0.29, 0.717) is 6.54 Å². The second-order valence-electron chi connectivity index (χ2n) is 5.68. The highest BCUT2D eigenvalue weighted by Gasteiger charge is 2.21. The van der Waals surface area contributed by atoms with Crippen LogP contribution in [0.5, 0.6) is 0 Å². The fourth-order valence-electron chi connectivity index (χ4n) is 1.89. The normalized spacial score (nSPS) is 18.3. The molecule has 0 aromatic heterocycles. The number of hydrogen-bond donors (Lipinski definition) is 1. The molecule has 1 aliphatic rings. The molecule has 0 aromatic carbocycles. The molecular weight excluding hydrogens is 230 g/mol. The van der Waals surface area contributed by atoms with E-state index < -0.39 is 0 Å². The largest absolute Gasteiger partial charge is 0.366 e. The van der Waals surface area contributed by atoms with Gasteiger partial charge in [-0.15, -0.1) is 0 Å². The molecule has 0 radical (unpaired) electrons. The Labute approximate surface area is 109 Å². The minimum Gasteiger partial charge on any atom is -0.366 e. The minimum absolute atomic E-state index is 0.0522. The number of piperidine rings is 1. The summed E-state index contributed by atoms with van der Waals surface area (Å²) >= 11 is 0. The quantitative estimate of drug-likeness (QED) is 0.756. The number of amides is 1. The Morgan fingerprint density at radius 1 is 1.44 bits per heavy atom. The highest BCUT2D eigenvalue weighted by molar-refractivity contribution is 5.77. The van der Waals surface area contributed by atoms with Gasteiger partial charge < -0.3 is 10.1 Å². The summed E-state index contributed by atoms with van der Waals surface area (Å²) in [7, 11) is 0. The van der Waals surface area contributed by atoms with E-state index in [9.17, 15) is 4.79 Å². The summed E-state index contributed by atoms with van der Waals surface area (Å²) in [6.07, 6.45) is 1.81. The number of rotatable bonds is 4. The number of ether oxygens (including phenoxy) is 1. The molecule has 1 fully saturated rings. The Morgan fingerprint density at radius 2 is 2.06 bits per heavy atom. The summed E-state index contributed by atoms with van der Waals surface area (Å²) in [6.45, 7) is 8.13. The second kappa shape index (κ2) is 6.72. The van der Waals surface area contributed by atoms with Gasteiger partial charge in [0.1, 0.15) is 6.61 Å². The van der Waals surface area contributed by atoms with Crippen molar-refractivity contribution in [1.82, 2.24) is 10.2 Å². The molecule has 0 unspecified atom stereocenters. The number of carbonyl (C=O) groups excluding carboxylic acids is 1. The average molecular weight is 253 g/mol. The number of hydrogen-bond acceptors (Lipinski definition) is 4. The summed E-state index contributed by atoms with van der Waals surface area (Å²) in [5.41, 5.74) is -0.284. The van der Waals surface area contributed by atoms with E-state index in [-0.39, 0.29) is 24.2 Å². The van der Waals surface area contributed by atoms with Crippen LogP contribution in [0.15, 0.2) is 0 Å². The molecule has 5 heteroatoms. The van der Waals surface area contributed by atoms with Crippen molar-refractivity contribution in [3.05, 3.63) is 0 Å². The van der Waals surface area contributed by atoms with Crippen LogP contribution in [0.3, 0.4) is 0 Å². The molecule has 0 aliphatic carbocycles. The van der Waals surface area contributed by atoms with Gasteiger partial charge in [0.15, 0.2) is 0 Å². The van der Waals surface area contributed by atoms with Crippen LogP contribution in [0, 0.1) is 11.3 Å². The van der Waals surface area contributed by atoms with Crippen LogP contribution in [0.25, 0.3) is 0 Å². The van der Waals surface area contributed by atoms with Crippen molar-refractivity contribution in [2.45, 2.75) is 45.3 Å². The lowest BCUT2D eigenvalue weighted by molar-refractivity contribution is -0.131. The third kappa shape index (κ3) is 5.99. The van der Waals surface area contributed by atoms with E-state index in [0.717, 1.165) is 25.9 Å². The number of nitriles is 1. The van der Waals surface area contributed by atoms with Crippen LogP contribution in [-0.2, 0) is 9.53 Å². The Morgan fingerprint density at radius 3 is 2.56 bits per heavy atom. The van der Waals surface area contributed by atoms with E-state index >= 15 is 0 Å². The molecule has 1 rings (SSSR count). The van der Waals surface area contributed by atoms with Crippen molar-refractivity contribution in [3.63, 3.8) is 0 Å². The fraction of sp³-hybridized carbons (Fsp3) is 0.846. The average Bonchev–Trinajstić information content (AvgIpc) is 2.29. The van der Waals surface area contributed by atoms with Crippen LogP contribution in [0.4, 0.5) is 0 Å². The van der Waals surface area contributed by atoms with E-state index in [2.05, 4.69) is 16.3 Å². The lowest BCUT2D eigenvalue weighted by Gasteiger charge is -2.31. The SMILES string of the molecule is CC(C)(C)OCC(=O)NC1CCN(CC#N)CC1. The second-order valence-corrected chi connectivity index (χ2v) is 5.68. The highest BCUT2D eigenvalue weighted by Crippen LogP contribution is 2.10. The van der Waals surface area contributed by atoms with Gasteiger partial charge in [-0.3, -0.25) is 9.69 Å². The first kappa shape index (κ1) is 14.9. The zero-order valence-corrected chi connectivity index (χ0v) is 11.5. The van der Waals surface area contributed by atoms with Gasteiger partial charge in [-0.2, -0.15) is 5.26 Å². The predicted molar refractivity (Wildman–Crippen MR) is 68.9 cm³/mol. The molecule has 102 valence electrons. The third-order valence-corrected chi connectivity index (χ3v) is 2.88. The Kier molecular flexibility index (Phi) is 5.57. The van der Waals surface area contributed by atoms with Gasteiger partial charge in [0.05, 0.1) is 18.2 Å². The summed E-state index contributed by atoms with van der Waals surface area (Å²) in [4.78, 5) is 13.8. The van der Waals surface area contributed by atoms with Gasteiger partial charge in [0, 0.05) is 19.1 Å². The van der Waals surface area contributed by atoms with Crippen LogP contribution in [0.1, 0.15) is 33.6 Å². The number of likely N-dealkylation sites (tertiary alicyclic amines) is 1. The zero-order chi connectivity index (χ0) is 13.6. The Hall–Kier alpha value is -1.12. The summed E-state index contributed by atoms with van der Waals surface area (Å²) < 4.78 is 5.43. The molecule has 0 aromatic rings.